The second-order valence-electron chi connectivity index (χ2n) is 15.7. The van der Waals surface area contributed by atoms with Gasteiger partial charge in [-0.25, -0.2) is 0 Å². The molecule has 2 nitrogen and oxygen atoms in total. The van der Waals surface area contributed by atoms with Crippen LogP contribution < -0.4 is 4.90 Å². The number of rotatable bonds is 7. The van der Waals surface area contributed by atoms with Crippen molar-refractivity contribution in [3.63, 3.8) is 0 Å². The van der Waals surface area contributed by atoms with Crippen LogP contribution >= 0.6 is 0 Å². The van der Waals surface area contributed by atoms with Crippen molar-refractivity contribution in [1.29, 1.82) is 0 Å². The standard InChI is InChI=1S/C58H38N2/c1-4-15-39(16-5-1)44-21-14-22-47(36-44)59(48-37-45(40-17-6-2-7-18-40)35-46(38-48)41-19-8-3-9-20-41)55-33-29-42-28-32-52-56(34-30-43-27-31-51(55)57(42)58(43)52)60-53-25-12-10-23-49(53)50-24-11-13-26-54(50)60/h1-38H. The number of benzene rings is 11. The number of anilines is 3. The summed E-state index contributed by atoms with van der Waals surface area (Å²) < 4.78 is 2.46. The lowest BCUT2D eigenvalue weighted by molar-refractivity contribution is 1.20. The highest BCUT2D eigenvalue weighted by atomic mass is 15.1. The first-order chi connectivity index (χ1) is 29.8. The lowest BCUT2D eigenvalue weighted by atomic mass is 9.91. The van der Waals surface area contributed by atoms with E-state index in [1.807, 2.05) is 0 Å². The summed E-state index contributed by atoms with van der Waals surface area (Å²) in [6.45, 7) is 0. The number of hydrogen-bond donors (Lipinski definition) is 0. The van der Waals surface area contributed by atoms with Gasteiger partial charge in [-0.15, -0.1) is 0 Å². The molecule has 0 aliphatic heterocycles. The smallest absolute Gasteiger partial charge is 0.0541 e. The zero-order valence-electron chi connectivity index (χ0n) is 32.8. The Bertz CT molecular complexity index is 3420. The molecule has 11 aromatic carbocycles. The largest absolute Gasteiger partial charge is 0.310 e. The van der Waals surface area contributed by atoms with Gasteiger partial charge in [-0.05, 0) is 110 Å². The fraction of sp³-hybridized carbons (Fsp3) is 0. The molecule has 0 amide bonds. The topological polar surface area (TPSA) is 8.17 Å². The van der Waals surface area contributed by atoms with Gasteiger partial charge in [0.2, 0.25) is 0 Å². The van der Waals surface area contributed by atoms with Gasteiger partial charge in [0.15, 0.2) is 0 Å². The van der Waals surface area contributed by atoms with E-state index in [-0.39, 0.29) is 0 Å². The van der Waals surface area contributed by atoms with Gasteiger partial charge in [-0.1, -0.05) is 176 Å². The highest BCUT2D eigenvalue weighted by Gasteiger charge is 2.22. The Labute approximate surface area is 348 Å². The first kappa shape index (κ1) is 34.1. The molecule has 12 aromatic rings. The Kier molecular flexibility index (Phi) is 7.89. The van der Waals surface area contributed by atoms with Gasteiger partial charge >= 0.3 is 0 Å². The van der Waals surface area contributed by atoms with Crippen LogP contribution in [0.15, 0.2) is 231 Å². The van der Waals surface area contributed by atoms with Crippen molar-refractivity contribution in [2.24, 2.45) is 0 Å². The molecule has 0 atom stereocenters. The number of fused-ring (bicyclic) bond motifs is 3. The highest BCUT2D eigenvalue weighted by Crippen LogP contribution is 2.47. The molecular weight excluding hydrogens is 725 g/mol. The second kappa shape index (κ2) is 13.9. The van der Waals surface area contributed by atoms with Crippen LogP contribution in [-0.2, 0) is 0 Å². The van der Waals surface area contributed by atoms with Crippen molar-refractivity contribution in [1.82, 2.24) is 4.57 Å². The van der Waals surface area contributed by atoms with Gasteiger partial charge < -0.3 is 9.47 Å². The van der Waals surface area contributed by atoms with E-state index in [2.05, 4.69) is 240 Å². The number of nitrogens with zero attached hydrogens (tertiary/aromatic N) is 2. The van der Waals surface area contributed by atoms with Crippen molar-refractivity contribution >= 4 is 71.2 Å². The van der Waals surface area contributed by atoms with Crippen molar-refractivity contribution in [2.75, 3.05) is 4.90 Å². The number of aromatic nitrogens is 1. The summed E-state index contributed by atoms with van der Waals surface area (Å²) in [6, 6.07) is 84.4. The summed E-state index contributed by atoms with van der Waals surface area (Å²) in [6.07, 6.45) is 0. The van der Waals surface area contributed by atoms with Gasteiger partial charge in [0.05, 0.1) is 22.4 Å². The third-order valence-electron chi connectivity index (χ3n) is 12.3. The molecule has 60 heavy (non-hydrogen) atoms. The lowest BCUT2D eigenvalue weighted by Crippen LogP contribution is -2.11. The maximum atomic E-state index is 2.48. The predicted molar refractivity (Wildman–Crippen MR) is 255 cm³/mol. The van der Waals surface area contributed by atoms with E-state index in [1.54, 1.807) is 0 Å². The molecule has 0 spiro atoms. The molecule has 0 fully saturated rings. The molecule has 12 rings (SSSR count). The SMILES string of the molecule is c1ccc(-c2cccc(N(c3cc(-c4ccccc4)cc(-c4ccccc4)c3)c3ccc4ccc5c(-n6c7ccccc7c7ccccc76)ccc6ccc3c4c65)c2)cc1. The third-order valence-corrected chi connectivity index (χ3v) is 12.3. The monoisotopic (exact) mass is 762 g/mol. The van der Waals surface area contributed by atoms with Crippen molar-refractivity contribution in [3.05, 3.63) is 231 Å². The predicted octanol–water partition coefficient (Wildman–Crippen LogP) is 16.2. The van der Waals surface area contributed by atoms with Gasteiger partial charge in [0.1, 0.15) is 0 Å². The molecule has 1 heterocycles. The Morgan fingerprint density at radius 2 is 0.750 bits per heavy atom. The maximum absolute atomic E-state index is 2.48. The lowest BCUT2D eigenvalue weighted by Gasteiger charge is -2.29. The molecule has 0 aliphatic rings. The minimum absolute atomic E-state index is 1.10. The molecule has 2 heteroatoms. The summed E-state index contributed by atoms with van der Waals surface area (Å²) in [5.74, 6) is 0. The van der Waals surface area contributed by atoms with E-state index in [0.717, 1.165) is 17.1 Å². The highest BCUT2D eigenvalue weighted by molar-refractivity contribution is 6.27. The fourth-order valence-electron chi connectivity index (χ4n) is 9.56. The summed E-state index contributed by atoms with van der Waals surface area (Å²) in [5.41, 5.74) is 14.0. The summed E-state index contributed by atoms with van der Waals surface area (Å²) in [7, 11) is 0. The van der Waals surface area contributed by atoms with Gasteiger partial charge in [-0.2, -0.15) is 0 Å². The Morgan fingerprint density at radius 1 is 0.283 bits per heavy atom. The molecular formula is C58H38N2. The van der Waals surface area contributed by atoms with E-state index in [0.29, 0.717) is 0 Å². The molecule has 0 bridgehead atoms. The minimum Gasteiger partial charge on any atom is -0.310 e. The van der Waals surface area contributed by atoms with Crippen LogP contribution in [0.3, 0.4) is 0 Å². The molecule has 0 unspecified atom stereocenters. The zero-order valence-corrected chi connectivity index (χ0v) is 32.8. The van der Waals surface area contributed by atoms with Gasteiger partial charge in [-0.3, -0.25) is 0 Å². The van der Waals surface area contributed by atoms with Crippen LogP contribution in [0.1, 0.15) is 0 Å². The molecule has 280 valence electrons. The number of hydrogen-bond acceptors (Lipinski definition) is 1. The minimum atomic E-state index is 1.10. The van der Waals surface area contributed by atoms with Crippen LogP contribution in [0.25, 0.3) is 93.2 Å². The fourth-order valence-corrected chi connectivity index (χ4v) is 9.56. The zero-order chi connectivity index (χ0) is 39.6. The van der Waals surface area contributed by atoms with Crippen LogP contribution in [-0.4, -0.2) is 4.57 Å². The van der Waals surface area contributed by atoms with Gasteiger partial charge in [0.25, 0.3) is 0 Å². The van der Waals surface area contributed by atoms with Crippen LogP contribution in [0.4, 0.5) is 17.1 Å². The quantitative estimate of drug-likeness (QED) is 0.147. The third kappa shape index (κ3) is 5.50. The average molecular weight is 763 g/mol. The first-order valence-corrected chi connectivity index (χ1v) is 20.7. The molecule has 0 N–H and O–H groups in total. The maximum Gasteiger partial charge on any atom is 0.0541 e. The van der Waals surface area contributed by atoms with E-state index >= 15 is 0 Å². The van der Waals surface area contributed by atoms with Crippen molar-refractivity contribution in [3.8, 4) is 39.1 Å². The summed E-state index contributed by atoms with van der Waals surface area (Å²) in [5, 5.41) is 10.0. The van der Waals surface area contributed by atoms with E-state index in [9.17, 15) is 0 Å². The Morgan fingerprint density at radius 3 is 1.37 bits per heavy atom. The molecule has 1 aromatic heterocycles. The van der Waals surface area contributed by atoms with E-state index < -0.39 is 0 Å². The molecule has 0 saturated carbocycles. The van der Waals surface area contributed by atoms with E-state index in [1.165, 1.54) is 93.2 Å². The van der Waals surface area contributed by atoms with Crippen LogP contribution in [0.2, 0.25) is 0 Å². The molecule has 0 aliphatic carbocycles. The van der Waals surface area contributed by atoms with E-state index in [4.69, 9.17) is 0 Å². The normalized spacial score (nSPS) is 11.7. The van der Waals surface area contributed by atoms with Gasteiger partial charge in [0, 0.05) is 32.9 Å². The van der Waals surface area contributed by atoms with Crippen molar-refractivity contribution < 1.29 is 0 Å². The average Bonchev–Trinajstić information content (AvgIpc) is 3.66. The summed E-state index contributed by atoms with van der Waals surface area (Å²) in [4.78, 5) is 2.48. The molecule has 0 saturated heterocycles. The summed E-state index contributed by atoms with van der Waals surface area (Å²) >= 11 is 0. The molecule has 0 radical (unpaired) electrons. The second-order valence-corrected chi connectivity index (χ2v) is 15.7. The van der Waals surface area contributed by atoms with Crippen LogP contribution in [0.5, 0.6) is 0 Å². The number of para-hydroxylation sites is 2. The van der Waals surface area contributed by atoms with Crippen molar-refractivity contribution in [2.45, 2.75) is 0 Å². The van der Waals surface area contributed by atoms with Crippen LogP contribution in [0, 0.1) is 0 Å². The first-order valence-electron chi connectivity index (χ1n) is 20.7. The Balaban J connectivity index is 1.14. The Hall–Kier alpha value is -7.94.